The minimum Gasteiger partial charge on any atom is -0.382 e. The molecule has 1 unspecified atom stereocenters. The monoisotopic (exact) mass is 255 g/mol. The molecule has 0 heterocycles. The van der Waals surface area contributed by atoms with Crippen LogP contribution in [-0.2, 0) is 20.8 Å². The Labute approximate surface area is 114 Å². The molecule has 5 heteroatoms. The predicted molar refractivity (Wildman–Crippen MR) is 67.8 cm³/mol. The van der Waals surface area contributed by atoms with Crippen LogP contribution >= 0.6 is 0 Å². The minimum absolute atomic E-state index is 0.108. The van der Waals surface area contributed by atoms with Crippen LogP contribution in [0.25, 0.3) is 0 Å². The Bertz CT molecular complexity index is 582. The molecule has 0 fully saturated rings. The standard InChI is InChI=1S/C13H18N2O3/c1-10(16)15-12(9-18-2)13(17)14-8-11-6-4-3-5-7-11/h3-7,12H,8-9H2,1-2H3,(H,14,17)(H,15,16)/i8D2,9D2,12D. The molecule has 0 radical (unpaired) electrons. The lowest BCUT2D eigenvalue weighted by molar-refractivity contribution is -0.129. The highest BCUT2D eigenvalue weighted by Crippen LogP contribution is 1.97. The first-order chi connectivity index (χ1) is 10.5. The van der Waals surface area contributed by atoms with Crippen molar-refractivity contribution in [3.8, 4) is 0 Å². The molecule has 18 heavy (non-hydrogen) atoms. The van der Waals surface area contributed by atoms with Gasteiger partial charge in [-0.15, -0.1) is 0 Å². The van der Waals surface area contributed by atoms with E-state index in [1.54, 1.807) is 18.2 Å². The molecular weight excluding hydrogens is 232 g/mol. The molecule has 0 aromatic heterocycles. The molecule has 1 atom stereocenters. The van der Waals surface area contributed by atoms with E-state index in [1.807, 2.05) is 10.6 Å². The molecule has 0 aliphatic rings. The lowest BCUT2D eigenvalue weighted by atomic mass is 10.2. The summed E-state index contributed by atoms with van der Waals surface area (Å²) < 4.78 is 43.5. The van der Waals surface area contributed by atoms with Gasteiger partial charge in [-0.25, -0.2) is 0 Å². The van der Waals surface area contributed by atoms with Crippen molar-refractivity contribution in [3.05, 3.63) is 35.9 Å². The highest BCUT2D eigenvalue weighted by Gasteiger charge is 2.18. The first kappa shape index (κ1) is 8.26. The third-order valence-corrected chi connectivity index (χ3v) is 1.83. The Kier molecular flexibility index (Phi) is 3.42. The molecule has 1 rings (SSSR count). The number of nitrogens with one attached hydrogen (secondary N) is 2. The summed E-state index contributed by atoms with van der Waals surface area (Å²) in [5.41, 5.74) is 0.108. The van der Waals surface area contributed by atoms with Crippen molar-refractivity contribution >= 4 is 11.8 Å². The lowest BCUT2D eigenvalue weighted by Crippen LogP contribution is -2.48. The number of rotatable bonds is 6. The van der Waals surface area contributed by atoms with Gasteiger partial charge in [-0.3, -0.25) is 9.59 Å². The summed E-state index contributed by atoms with van der Waals surface area (Å²) >= 11 is 0. The summed E-state index contributed by atoms with van der Waals surface area (Å²) in [4.78, 5) is 23.6. The van der Waals surface area contributed by atoms with Gasteiger partial charge in [-0.1, -0.05) is 30.3 Å². The van der Waals surface area contributed by atoms with Gasteiger partial charge in [-0.2, -0.15) is 0 Å². The van der Waals surface area contributed by atoms with E-state index in [-0.39, 0.29) is 5.56 Å². The van der Waals surface area contributed by atoms with Crippen molar-refractivity contribution < 1.29 is 21.2 Å². The minimum atomic E-state index is -2.88. The summed E-state index contributed by atoms with van der Waals surface area (Å²) in [5.74, 6) is -2.22. The van der Waals surface area contributed by atoms with E-state index in [1.165, 1.54) is 12.1 Å². The number of hydrogen-bond acceptors (Lipinski definition) is 3. The quantitative estimate of drug-likeness (QED) is 0.775. The molecule has 1 aromatic rings. The molecule has 5 nitrogen and oxygen atoms in total. The number of methoxy groups -OCH3 is 1. The molecule has 0 spiro atoms. The van der Waals surface area contributed by atoms with Crippen LogP contribution in [0.5, 0.6) is 0 Å². The third-order valence-electron chi connectivity index (χ3n) is 1.83. The van der Waals surface area contributed by atoms with Gasteiger partial charge in [0, 0.05) is 20.5 Å². The zero-order valence-electron chi connectivity index (χ0n) is 15.1. The fourth-order valence-corrected chi connectivity index (χ4v) is 1.12. The molecule has 0 aliphatic heterocycles. The Morgan fingerprint density at radius 1 is 1.44 bits per heavy atom. The highest BCUT2D eigenvalue weighted by atomic mass is 16.5. The van der Waals surface area contributed by atoms with Gasteiger partial charge in [0.25, 0.3) is 0 Å². The van der Waals surface area contributed by atoms with Crippen LogP contribution in [0.4, 0.5) is 0 Å². The molecule has 0 saturated heterocycles. The van der Waals surface area contributed by atoms with Crippen LogP contribution in [0.15, 0.2) is 30.3 Å². The van der Waals surface area contributed by atoms with E-state index in [0.717, 1.165) is 14.0 Å². The summed E-state index contributed by atoms with van der Waals surface area (Å²) in [5, 5.41) is 3.80. The maximum atomic E-state index is 12.3. The molecular formula is C13H18N2O3. The Balaban J connectivity index is 3.14. The van der Waals surface area contributed by atoms with Gasteiger partial charge in [0.05, 0.1) is 13.4 Å². The lowest BCUT2D eigenvalue weighted by Gasteiger charge is -2.16. The summed E-state index contributed by atoms with van der Waals surface area (Å²) in [6, 6.07) is 4.78. The second-order valence-corrected chi connectivity index (χ2v) is 3.31. The van der Waals surface area contributed by atoms with Gasteiger partial charge in [-0.05, 0) is 5.56 Å². The van der Waals surface area contributed by atoms with E-state index >= 15 is 0 Å². The Morgan fingerprint density at radius 3 is 2.67 bits per heavy atom. The molecule has 98 valence electrons. The Morgan fingerprint density at radius 2 is 2.11 bits per heavy atom. The number of amides is 2. The van der Waals surface area contributed by atoms with E-state index in [9.17, 15) is 9.59 Å². The normalized spacial score (nSPS) is 19.1. The van der Waals surface area contributed by atoms with E-state index in [2.05, 4.69) is 4.74 Å². The fourth-order valence-electron chi connectivity index (χ4n) is 1.12. The zero-order valence-corrected chi connectivity index (χ0v) is 10.1. The number of hydrogen-bond donors (Lipinski definition) is 2. The van der Waals surface area contributed by atoms with Crippen LogP contribution in [0.3, 0.4) is 0 Å². The third kappa shape index (κ3) is 4.97. The van der Waals surface area contributed by atoms with Gasteiger partial charge in [0.15, 0.2) is 0 Å². The SMILES string of the molecule is [2H]C([2H])(NC(=O)C([2H])(NC(C)=O)C([2H])([2H])OC)c1ccccc1. The van der Waals surface area contributed by atoms with Crippen LogP contribution in [0.2, 0.25) is 0 Å². The molecule has 2 amide bonds. The smallest absolute Gasteiger partial charge is 0.245 e. The van der Waals surface area contributed by atoms with Crippen LogP contribution in [-0.4, -0.2) is 31.5 Å². The van der Waals surface area contributed by atoms with Crippen molar-refractivity contribution in [1.29, 1.82) is 0 Å². The summed E-state index contributed by atoms with van der Waals surface area (Å²) in [7, 11) is 0.935. The number of carbonyl (C=O) groups is 2. The van der Waals surface area contributed by atoms with Crippen LogP contribution in [0, 0.1) is 0 Å². The second kappa shape index (κ2) is 7.45. The Hall–Kier alpha value is -1.88. The number of ether oxygens (including phenoxy) is 1. The van der Waals surface area contributed by atoms with Crippen molar-refractivity contribution in [3.63, 3.8) is 0 Å². The summed E-state index contributed by atoms with van der Waals surface area (Å²) in [6.45, 7) is -4.24. The van der Waals surface area contributed by atoms with Gasteiger partial charge < -0.3 is 15.4 Å². The topological polar surface area (TPSA) is 67.4 Å². The van der Waals surface area contributed by atoms with E-state index < -0.39 is 30.9 Å². The second-order valence-electron chi connectivity index (χ2n) is 3.31. The molecule has 2 N–H and O–H groups in total. The predicted octanol–water partition coefficient (Wildman–Crippen LogP) is 0.454. The van der Waals surface area contributed by atoms with Crippen molar-refractivity contribution in [2.45, 2.75) is 19.4 Å². The zero-order chi connectivity index (χ0) is 17.9. The molecule has 1 aromatic carbocycles. The van der Waals surface area contributed by atoms with E-state index in [4.69, 9.17) is 6.85 Å². The van der Waals surface area contributed by atoms with Gasteiger partial charge >= 0.3 is 0 Å². The molecule has 0 bridgehead atoms. The van der Waals surface area contributed by atoms with Crippen molar-refractivity contribution in [2.24, 2.45) is 0 Å². The maximum absolute atomic E-state index is 12.3. The first-order valence-electron chi connectivity index (χ1n) is 7.68. The first-order valence-corrected chi connectivity index (χ1v) is 5.18. The largest absolute Gasteiger partial charge is 0.382 e. The molecule has 0 saturated carbocycles. The van der Waals surface area contributed by atoms with Crippen molar-refractivity contribution in [2.75, 3.05) is 13.7 Å². The van der Waals surface area contributed by atoms with Gasteiger partial charge in [0.2, 0.25) is 11.8 Å². The van der Waals surface area contributed by atoms with Crippen LogP contribution in [0.1, 0.15) is 19.3 Å². The average Bonchev–Trinajstić information content (AvgIpc) is 2.46. The number of benzene rings is 1. The molecule has 0 aliphatic carbocycles. The highest BCUT2D eigenvalue weighted by molar-refractivity contribution is 5.86. The number of carbonyl (C=O) groups excluding carboxylic acids is 2. The summed E-state index contributed by atoms with van der Waals surface area (Å²) in [6.07, 6.45) is 0. The van der Waals surface area contributed by atoms with E-state index in [0.29, 0.717) is 0 Å². The van der Waals surface area contributed by atoms with Crippen LogP contribution < -0.4 is 10.6 Å². The fraction of sp³-hybridized carbons (Fsp3) is 0.385. The maximum Gasteiger partial charge on any atom is 0.245 e. The van der Waals surface area contributed by atoms with Gasteiger partial charge in [0.1, 0.15) is 6.02 Å². The average molecular weight is 255 g/mol. The van der Waals surface area contributed by atoms with Crippen molar-refractivity contribution in [1.82, 2.24) is 10.6 Å².